The van der Waals surface area contributed by atoms with Crippen LogP contribution in [-0.4, -0.2) is 29.8 Å². The average molecular weight is 272 g/mol. The number of phenols is 1. The third kappa shape index (κ3) is 3.02. The molecule has 1 atom stereocenters. The highest BCUT2D eigenvalue weighted by Gasteiger charge is 2.13. The lowest BCUT2D eigenvalue weighted by molar-refractivity contribution is 0.250. The lowest BCUT2D eigenvalue weighted by atomic mass is 9.97. The quantitative estimate of drug-likeness (QED) is 0.898. The van der Waals surface area contributed by atoms with Gasteiger partial charge in [-0.15, -0.1) is 0 Å². The summed E-state index contributed by atoms with van der Waals surface area (Å²) in [5.74, 6) is 1.56. The summed E-state index contributed by atoms with van der Waals surface area (Å²) in [7, 11) is 0. The Kier molecular flexibility index (Phi) is 4.02. The van der Waals surface area contributed by atoms with E-state index in [1.165, 1.54) is 12.8 Å². The van der Waals surface area contributed by atoms with Crippen LogP contribution in [-0.2, 0) is 0 Å². The van der Waals surface area contributed by atoms with Crippen molar-refractivity contribution < 1.29 is 9.84 Å². The van der Waals surface area contributed by atoms with E-state index < -0.39 is 0 Å². The van der Waals surface area contributed by atoms with Crippen molar-refractivity contribution >= 4 is 10.8 Å². The molecule has 0 aliphatic carbocycles. The van der Waals surface area contributed by atoms with Gasteiger partial charge in [-0.3, -0.25) is 0 Å². The van der Waals surface area contributed by atoms with Crippen LogP contribution in [0.15, 0.2) is 30.5 Å². The maximum Gasteiger partial charge on any atom is 0.221 e. The van der Waals surface area contributed by atoms with E-state index in [-0.39, 0.29) is 5.75 Å². The number of nitrogens with zero attached hydrogens (tertiary/aromatic N) is 1. The molecule has 20 heavy (non-hydrogen) atoms. The zero-order valence-electron chi connectivity index (χ0n) is 11.5. The molecule has 1 saturated heterocycles. The fourth-order valence-electron chi connectivity index (χ4n) is 2.74. The maximum atomic E-state index is 9.59. The van der Waals surface area contributed by atoms with Crippen molar-refractivity contribution in [3.63, 3.8) is 0 Å². The first-order valence-electron chi connectivity index (χ1n) is 7.24. The summed E-state index contributed by atoms with van der Waals surface area (Å²) in [6.45, 7) is 2.91. The van der Waals surface area contributed by atoms with Crippen molar-refractivity contribution in [3.8, 4) is 11.6 Å². The van der Waals surface area contributed by atoms with E-state index in [4.69, 9.17) is 4.74 Å². The van der Waals surface area contributed by atoms with Gasteiger partial charge in [0, 0.05) is 11.6 Å². The van der Waals surface area contributed by atoms with E-state index in [1.807, 2.05) is 12.1 Å². The van der Waals surface area contributed by atoms with Gasteiger partial charge in [-0.25, -0.2) is 4.98 Å². The molecule has 1 aromatic heterocycles. The van der Waals surface area contributed by atoms with Gasteiger partial charge in [0.05, 0.1) is 6.61 Å². The maximum absolute atomic E-state index is 9.59. The molecular formula is C16H20N2O2. The van der Waals surface area contributed by atoms with Crippen LogP contribution in [0.4, 0.5) is 0 Å². The van der Waals surface area contributed by atoms with Gasteiger partial charge in [0.2, 0.25) is 5.88 Å². The second-order valence-electron chi connectivity index (χ2n) is 5.37. The number of aromatic hydroxyl groups is 1. The van der Waals surface area contributed by atoms with Gasteiger partial charge in [0.25, 0.3) is 0 Å². The molecule has 1 aliphatic heterocycles. The second-order valence-corrected chi connectivity index (χ2v) is 5.37. The van der Waals surface area contributed by atoms with Crippen molar-refractivity contribution in [1.82, 2.24) is 10.3 Å². The highest BCUT2D eigenvalue weighted by molar-refractivity contribution is 5.87. The lowest BCUT2D eigenvalue weighted by Gasteiger charge is -2.22. The SMILES string of the molecule is Oc1ccc2ccnc(OCCC3CCCNC3)c2c1. The number of ether oxygens (including phenoxy) is 1. The van der Waals surface area contributed by atoms with Crippen LogP contribution in [0.2, 0.25) is 0 Å². The van der Waals surface area contributed by atoms with Gasteiger partial charge in [-0.2, -0.15) is 0 Å². The molecule has 2 N–H and O–H groups in total. The predicted molar refractivity (Wildman–Crippen MR) is 79.1 cm³/mol. The Morgan fingerprint density at radius 2 is 2.30 bits per heavy atom. The molecule has 2 heterocycles. The number of hydrogen-bond donors (Lipinski definition) is 2. The zero-order chi connectivity index (χ0) is 13.8. The Balaban J connectivity index is 1.66. The van der Waals surface area contributed by atoms with Crippen molar-refractivity contribution in [2.75, 3.05) is 19.7 Å². The molecule has 0 spiro atoms. The van der Waals surface area contributed by atoms with E-state index in [9.17, 15) is 5.11 Å². The van der Waals surface area contributed by atoms with Crippen LogP contribution in [0.3, 0.4) is 0 Å². The fourth-order valence-corrected chi connectivity index (χ4v) is 2.74. The average Bonchev–Trinajstić information content (AvgIpc) is 2.49. The Bertz CT molecular complexity index is 580. The molecule has 106 valence electrons. The third-order valence-electron chi connectivity index (χ3n) is 3.88. The van der Waals surface area contributed by atoms with E-state index in [2.05, 4.69) is 10.3 Å². The largest absolute Gasteiger partial charge is 0.508 e. The number of aromatic nitrogens is 1. The number of rotatable bonds is 4. The zero-order valence-corrected chi connectivity index (χ0v) is 11.5. The monoisotopic (exact) mass is 272 g/mol. The number of phenolic OH excluding ortho intramolecular Hbond substituents is 1. The van der Waals surface area contributed by atoms with Crippen molar-refractivity contribution in [3.05, 3.63) is 30.5 Å². The first kappa shape index (κ1) is 13.2. The van der Waals surface area contributed by atoms with Gasteiger partial charge in [-0.05, 0) is 61.9 Å². The minimum atomic E-state index is 0.242. The first-order chi connectivity index (χ1) is 9.83. The van der Waals surface area contributed by atoms with Crippen molar-refractivity contribution in [2.45, 2.75) is 19.3 Å². The Labute approximate surface area is 118 Å². The predicted octanol–water partition coefficient (Wildman–Crippen LogP) is 2.71. The van der Waals surface area contributed by atoms with Crippen molar-refractivity contribution in [1.29, 1.82) is 0 Å². The van der Waals surface area contributed by atoms with Crippen LogP contribution < -0.4 is 10.1 Å². The molecule has 0 bridgehead atoms. The number of pyridine rings is 1. The van der Waals surface area contributed by atoms with E-state index in [0.29, 0.717) is 18.4 Å². The minimum absolute atomic E-state index is 0.242. The molecule has 0 amide bonds. The normalized spacial score (nSPS) is 19.1. The molecule has 1 unspecified atom stereocenters. The van der Waals surface area contributed by atoms with E-state index >= 15 is 0 Å². The molecule has 2 aromatic rings. The summed E-state index contributed by atoms with van der Waals surface area (Å²) in [5, 5.41) is 14.9. The van der Waals surface area contributed by atoms with Gasteiger partial charge in [0.1, 0.15) is 5.75 Å². The molecule has 4 heteroatoms. The second kappa shape index (κ2) is 6.09. The summed E-state index contributed by atoms with van der Waals surface area (Å²) in [5.41, 5.74) is 0. The summed E-state index contributed by atoms with van der Waals surface area (Å²) < 4.78 is 5.83. The van der Waals surface area contributed by atoms with Gasteiger partial charge in [0.15, 0.2) is 0 Å². The number of benzene rings is 1. The summed E-state index contributed by atoms with van der Waals surface area (Å²) in [6, 6.07) is 7.19. The first-order valence-corrected chi connectivity index (χ1v) is 7.24. The number of hydrogen-bond acceptors (Lipinski definition) is 4. The molecule has 4 nitrogen and oxygen atoms in total. The fraction of sp³-hybridized carbons (Fsp3) is 0.438. The van der Waals surface area contributed by atoms with Crippen LogP contribution in [0, 0.1) is 5.92 Å². The van der Waals surface area contributed by atoms with Gasteiger partial charge >= 0.3 is 0 Å². The highest BCUT2D eigenvalue weighted by Crippen LogP contribution is 2.27. The summed E-state index contributed by atoms with van der Waals surface area (Å²) in [4.78, 5) is 4.28. The molecule has 1 fully saturated rings. The molecule has 1 aromatic carbocycles. The van der Waals surface area contributed by atoms with E-state index in [0.717, 1.165) is 30.3 Å². The minimum Gasteiger partial charge on any atom is -0.508 e. The summed E-state index contributed by atoms with van der Waals surface area (Å²) in [6.07, 6.45) is 5.33. The topological polar surface area (TPSA) is 54.4 Å². The number of nitrogens with one attached hydrogen (secondary N) is 1. The van der Waals surface area contributed by atoms with Gasteiger partial charge < -0.3 is 15.2 Å². The molecule has 0 radical (unpaired) electrons. The van der Waals surface area contributed by atoms with Crippen molar-refractivity contribution in [2.24, 2.45) is 5.92 Å². The molecule has 1 aliphatic rings. The number of fused-ring (bicyclic) bond motifs is 1. The van der Waals surface area contributed by atoms with Crippen LogP contribution in [0.5, 0.6) is 11.6 Å². The molecule has 0 saturated carbocycles. The highest BCUT2D eigenvalue weighted by atomic mass is 16.5. The van der Waals surface area contributed by atoms with E-state index in [1.54, 1.807) is 18.3 Å². The standard InChI is InChI=1S/C16H20N2O2/c19-14-4-3-13-5-8-18-16(15(13)10-14)20-9-6-12-2-1-7-17-11-12/h3-5,8,10,12,17,19H,1-2,6-7,9,11H2. The summed E-state index contributed by atoms with van der Waals surface area (Å²) >= 11 is 0. The lowest BCUT2D eigenvalue weighted by Crippen LogP contribution is -2.30. The molecular weight excluding hydrogens is 252 g/mol. The third-order valence-corrected chi connectivity index (χ3v) is 3.88. The van der Waals surface area contributed by atoms with Gasteiger partial charge in [-0.1, -0.05) is 6.07 Å². The Hall–Kier alpha value is -1.81. The molecule has 3 rings (SSSR count). The smallest absolute Gasteiger partial charge is 0.221 e. The van der Waals surface area contributed by atoms with Crippen LogP contribution >= 0.6 is 0 Å². The Morgan fingerprint density at radius 1 is 1.35 bits per heavy atom. The van der Waals surface area contributed by atoms with Crippen LogP contribution in [0.1, 0.15) is 19.3 Å². The Morgan fingerprint density at radius 3 is 3.15 bits per heavy atom. The van der Waals surface area contributed by atoms with Crippen LogP contribution in [0.25, 0.3) is 10.8 Å². The number of piperidine rings is 1.